The Morgan fingerprint density at radius 2 is 1.48 bits per heavy atom. The number of fused-ring (bicyclic) bond motifs is 1. The molecule has 9 heteroatoms. The molecule has 0 amide bonds. The number of rotatable bonds is 2. The van der Waals surface area contributed by atoms with Gasteiger partial charge in [0.25, 0.3) is 5.82 Å². The highest BCUT2D eigenvalue weighted by Crippen LogP contribution is 2.31. The Morgan fingerprint density at radius 3 is 2.14 bits per heavy atom. The fraction of sp³-hybridized carbons (Fsp3) is 0.450. The second-order valence-corrected chi connectivity index (χ2v) is 7.52. The van der Waals surface area contributed by atoms with Crippen LogP contribution in [-0.2, 0) is 6.18 Å². The number of aryl methyl sites for hydroxylation is 2. The van der Waals surface area contributed by atoms with Gasteiger partial charge in [-0.25, -0.2) is 0 Å². The maximum Gasteiger partial charge on any atom is 0.453 e. The molecule has 1 fully saturated rings. The van der Waals surface area contributed by atoms with Crippen LogP contribution in [0.3, 0.4) is 0 Å². The minimum absolute atomic E-state index is 0.146. The minimum atomic E-state index is -4.60. The molecule has 1 aliphatic rings. The van der Waals surface area contributed by atoms with Crippen LogP contribution in [0.1, 0.15) is 28.1 Å². The topological polar surface area (TPSA) is 49.6 Å². The van der Waals surface area contributed by atoms with E-state index in [0.29, 0.717) is 24.5 Å². The van der Waals surface area contributed by atoms with Crippen molar-refractivity contribution in [3.05, 3.63) is 46.3 Å². The Morgan fingerprint density at radius 1 is 0.828 bits per heavy atom. The maximum atomic E-state index is 13.3. The summed E-state index contributed by atoms with van der Waals surface area (Å²) in [5.74, 6) is -0.535. The molecule has 1 aliphatic heterocycles. The zero-order chi connectivity index (χ0) is 20.9. The lowest BCUT2D eigenvalue weighted by Crippen LogP contribution is -2.47. The molecule has 0 atom stereocenters. The van der Waals surface area contributed by atoms with Crippen molar-refractivity contribution < 1.29 is 13.2 Å². The van der Waals surface area contributed by atoms with E-state index in [1.807, 2.05) is 11.8 Å². The van der Waals surface area contributed by atoms with Crippen LogP contribution >= 0.6 is 0 Å². The van der Waals surface area contributed by atoms with Crippen molar-refractivity contribution in [2.45, 2.75) is 33.9 Å². The molecule has 29 heavy (non-hydrogen) atoms. The molecule has 4 rings (SSSR count). The highest BCUT2D eigenvalue weighted by molar-refractivity contribution is 5.61. The van der Waals surface area contributed by atoms with Gasteiger partial charge in [-0.1, -0.05) is 12.1 Å². The van der Waals surface area contributed by atoms with Crippen LogP contribution in [0.4, 0.5) is 24.7 Å². The molecule has 3 aromatic rings. The number of piperazine rings is 1. The van der Waals surface area contributed by atoms with Crippen LogP contribution in [-0.4, -0.2) is 46.0 Å². The molecule has 0 saturated carbocycles. The van der Waals surface area contributed by atoms with E-state index in [9.17, 15) is 13.2 Å². The maximum absolute atomic E-state index is 13.3. The van der Waals surface area contributed by atoms with E-state index >= 15 is 0 Å². The molecular weight excluding hydrogens is 381 g/mol. The average molecular weight is 404 g/mol. The van der Waals surface area contributed by atoms with Crippen LogP contribution in [0.2, 0.25) is 0 Å². The van der Waals surface area contributed by atoms with Gasteiger partial charge in [0, 0.05) is 43.0 Å². The van der Waals surface area contributed by atoms with Gasteiger partial charge in [-0.3, -0.25) is 0 Å². The van der Waals surface area contributed by atoms with E-state index in [-0.39, 0.29) is 5.65 Å². The number of hydrogen-bond donors (Lipinski definition) is 0. The first kappa shape index (κ1) is 19.5. The fourth-order valence-electron chi connectivity index (χ4n) is 3.83. The quantitative estimate of drug-likeness (QED) is 0.652. The third kappa shape index (κ3) is 3.28. The summed E-state index contributed by atoms with van der Waals surface area (Å²) in [4.78, 5) is 4.36. The Kier molecular flexibility index (Phi) is 4.63. The first-order valence-electron chi connectivity index (χ1n) is 9.54. The molecule has 1 saturated heterocycles. The zero-order valence-corrected chi connectivity index (χ0v) is 16.9. The smallest absolute Gasteiger partial charge is 0.368 e. The molecule has 0 N–H and O–H groups in total. The largest absolute Gasteiger partial charge is 0.453 e. The van der Waals surface area contributed by atoms with Crippen LogP contribution in [0.15, 0.2) is 18.2 Å². The minimum Gasteiger partial charge on any atom is -0.368 e. The highest BCUT2D eigenvalue weighted by Gasteiger charge is 2.38. The van der Waals surface area contributed by atoms with Gasteiger partial charge in [-0.2, -0.15) is 17.7 Å². The number of benzene rings is 1. The van der Waals surface area contributed by atoms with E-state index in [1.54, 1.807) is 6.92 Å². The van der Waals surface area contributed by atoms with Crippen molar-refractivity contribution in [2.24, 2.45) is 0 Å². The number of halogens is 3. The van der Waals surface area contributed by atoms with Crippen molar-refractivity contribution in [2.75, 3.05) is 36.0 Å². The molecule has 0 bridgehead atoms. The van der Waals surface area contributed by atoms with Gasteiger partial charge >= 0.3 is 6.18 Å². The summed E-state index contributed by atoms with van der Waals surface area (Å²) >= 11 is 0. The number of alkyl halides is 3. The Hall–Kier alpha value is -2.84. The first-order valence-corrected chi connectivity index (χ1v) is 9.54. The van der Waals surface area contributed by atoms with Crippen molar-refractivity contribution in [3.8, 4) is 0 Å². The summed E-state index contributed by atoms with van der Waals surface area (Å²) in [7, 11) is 0. The van der Waals surface area contributed by atoms with Crippen molar-refractivity contribution >= 4 is 17.2 Å². The molecule has 0 unspecified atom stereocenters. The molecule has 1 aromatic carbocycles. The standard InChI is InChI=1S/C20H23F3N6/c1-12-6-5-7-16(13(12)2)27-8-10-28(11-9-27)18-15(4)14(3)17-24-25-19(20(21,22)23)29(17)26-18/h5-7H,8-11H2,1-4H3. The average Bonchev–Trinajstić information content (AvgIpc) is 3.12. The second kappa shape index (κ2) is 6.89. The summed E-state index contributed by atoms with van der Waals surface area (Å²) in [5.41, 5.74) is 5.35. The Labute approximate surface area is 166 Å². The lowest BCUT2D eigenvalue weighted by Gasteiger charge is -2.38. The van der Waals surface area contributed by atoms with Crippen molar-refractivity contribution in [1.82, 2.24) is 19.8 Å². The second-order valence-electron chi connectivity index (χ2n) is 7.52. The number of anilines is 2. The van der Waals surface area contributed by atoms with Gasteiger partial charge in [-0.05, 0) is 44.9 Å². The van der Waals surface area contributed by atoms with E-state index in [4.69, 9.17) is 0 Å². The number of nitrogens with zero attached hydrogens (tertiary/aromatic N) is 6. The molecule has 0 spiro atoms. The van der Waals surface area contributed by atoms with Gasteiger partial charge in [0.15, 0.2) is 11.5 Å². The van der Waals surface area contributed by atoms with Crippen LogP contribution in [0.25, 0.3) is 5.65 Å². The molecule has 3 heterocycles. The van der Waals surface area contributed by atoms with Gasteiger partial charge in [-0.15, -0.1) is 15.3 Å². The van der Waals surface area contributed by atoms with E-state index in [0.717, 1.165) is 23.2 Å². The van der Waals surface area contributed by atoms with Gasteiger partial charge in [0.1, 0.15) is 0 Å². The normalized spacial score (nSPS) is 15.4. The van der Waals surface area contributed by atoms with Crippen molar-refractivity contribution in [3.63, 3.8) is 0 Å². The Balaban J connectivity index is 1.64. The summed E-state index contributed by atoms with van der Waals surface area (Å²) in [5, 5.41) is 11.3. The van der Waals surface area contributed by atoms with Gasteiger partial charge < -0.3 is 9.80 Å². The van der Waals surface area contributed by atoms with Crippen LogP contribution in [0, 0.1) is 27.7 Å². The molecule has 6 nitrogen and oxygen atoms in total. The fourth-order valence-corrected chi connectivity index (χ4v) is 3.83. The Bertz CT molecular complexity index is 1060. The molecule has 2 aromatic heterocycles. The van der Waals surface area contributed by atoms with E-state index < -0.39 is 12.0 Å². The van der Waals surface area contributed by atoms with Crippen LogP contribution in [0.5, 0.6) is 0 Å². The van der Waals surface area contributed by atoms with E-state index in [1.165, 1.54) is 16.8 Å². The monoisotopic (exact) mass is 404 g/mol. The molecular formula is C20H23F3N6. The lowest BCUT2D eigenvalue weighted by atomic mass is 10.1. The summed E-state index contributed by atoms with van der Waals surface area (Å²) in [6, 6.07) is 6.26. The zero-order valence-electron chi connectivity index (χ0n) is 16.9. The third-order valence-corrected chi connectivity index (χ3v) is 5.82. The predicted molar refractivity (Wildman–Crippen MR) is 106 cm³/mol. The van der Waals surface area contributed by atoms with Crippen molar-refractivity contribution in [1.29, 1.82) is 0 Å². The SMILES string of the molecule is Cc1cccc(N2CCN(c3nn4c(C(F)(F)F)nnc4c(C)c3C)CC2)c1C. The van der Waals surface area contributed by atoms with E-state index in [2.05, 4.69) is 52.2 Å². The molecule has 154 valence electrons. The predicted octanol–water partition coefficient (Wildman–Crippen LogP) is 3.70. The number of aromatic nitrogens is 4. The highest BCUT2D eigenvalue weighted by atomic mass is 19.4. The third-order valence-electron chi connectivity index (χ3n) is 5.82. The van der Waals surface area contributed by atoms with Gasteiger partial charge in [0.05, 0.1) is 0 Å². The lowest BCUT2D eigenvalue weighted by molar-refractivity contribution is -0.146. The summed E-state index contributed by atoms with van der Waals surface area (Å²) in [6.07, 6.45) is -4.60. The molecule has 0 radical (unpaired) electrons. The molecule has 0 aliphatic carbocycles. The van der Waals surface area contributed by atoms with Crippen LogP contribution < -0.4 is 9.80 Å². The number of hydrogen-bond acceptors (Lipinski definition) is 5. The van der Waals surface area contributed by atoms with Gasteiger partial charge in [0.2, 0.25) is 0 Å². The summed E-state index contributed by atoms with van der Waals surface area (Å²) < 4.78 is 40.7. The summed E-state index contributed by atoms with van der Waals surface area (Å²) in [6.45, 7) is 10.7. The first-order chi connectivity index (χ1) is 13.7.